The van der Waals surface area contributed by atoms with Gasteiger partial charge >= 0.3 is 0 Å². The molecule has 8 heteroatoms. The Morgan fingerprint density at radius 3 is 1.30 bits per heavy atom. The molecule has 19 atom stereocenters. The highest BCUT2D eigenvalue weighted by Crippen LogP contribution is 2.71. The summed E-state index contributed by atoms with van der Waals surface area (Å²) in [6.45, 7) is 33.3. The van der Waals surface area contributed by atoms with E-state index in [2.05, 4.69) is 90.0 Å². The molecule has 1 aromatic carbocycles. The molecule has 0 spiro atoms. The first kappa shape index (κ1) is 74.0. The van der Waals surface area contributed by atoms with Gasteiger partial charge in [0.1, 0.15) is 0 Å². The van der Waals surface area contributed by atoms with Gasteiger partial charge in [-0.05, 0) is 328 Å². The number of rotatable bonds is 10. The molecule has 500 valence electrons. The highest BCUT2D eigenvalue weighted by Gasteiger charge is 2.64. The Morgan fingerprint density at radius 2 is 0.872 bits per heavy atom. The number of benzene rings is 1. The zero-order chi connectivity index (χ0) is 60.8. The molecular weight excluding hydrogens is 1080 g/mol. The van der Waals surface area contributed by atoms with Crippen molar-refractivity contribution in [1.82, 2.24) is 0 Å². The van der Waals surface area contributed by atoms with Crippen molar-refractivity contribution in [3.63, 3.8) is 0 Å². The molecule has 10 saturated carbocycles. The summed E-state index contributed by atoms with van der Waals surface area (Å²) in [5.74, 6) is 9.41. The largest absolute Gasteiger partial charge is 0.400 e. The van der Waals surface area contributed by atoms with Crippen LogP contribution in [0.3, 0.4) is 0 Å². The number of sulfone groups is 1. The van der Waals surface area contributed by atoms with E-state index in [1.165, 1.54) is 96.3 Å². The molecule has 86 heavy (non-hydrogen) atoms. The van der Waals surface area contributed by atoms with Crippen LogP contribution in [0.15, 0.2) is 35.2 Å². The normalized spacial score (nSPS) is 45.6. The summed E-state index contributed by atoms with van der Waals surface area (Å²) < 4.78 is 29.2. The number of hydrogen-bond acceptors (Lipinski definition) is 7. The van der Waals surface area contributed by atoms with Gasteiger partial charge in [-0.3, -0.25) is 0 Å². The molecule has 0 bridgehead atoms. The maximum atomic E-state index is 14.6. The molecule has 0 aliphatic heterocycles. The molecule has 0 heterocycles. The third kappa shape index (κ3) is 14.2. The molecule has 0 saturated heterocycles. The molecule has 10 fully saturated rings. The minimum Gasteiger partial charge on any atom is -0.400 e. The third-order valence-corrected chi connectivity index (χ3v) is 31.7. The molecule has 10 aliphatic rings. The first-order valence-electron chi connectivity index (χ1n) is 35.2. The van der Waals surface area contributed by atoms with Crippen LogP contribution in [0.4, 0.5) is 0 Å². The van der Waals surface area contributed by atoms with Crippen LogP contribution in [0.1, 0.15) is 305 Å². The lowest BCUT2D eigenvalue weighted by atomic mass is 9.43. The summed E-state index contributed by atoms with van der Waals surface area (Å²) in [5.41, 5.74) is -0.231. The van der Waals surface area contributed by atoms with E-state index in [9.17, 15) is 28.8 Å². The fourth-order valence-electron chi connectivity index (χ4n) is 23.9. The predicted molar refractivity (Wildman–Crippen MR) is 362 cm³/mol. The van der Waals surface area contributed by atoms with E-state index < -0.39 is 37.5 Å². The van der Waals surface area contributed by atoms with Gasteiger partial charge in [0, 0.05) is 7.11 Å². The zero-order valence-corrected chi connectivity index (χ0v) is 56.8. The van der Waals surface area contributed by atoms with Crippen molar-refractivity contribution in [3.8, 4) is 0 Å². The van der Waals surface area contributed by atoms with E-state index in [-0.39, 0.29) is 39.0 Å². The maximum absolute atomic E-state index is 14.6. The molecule has 7 nitrogen and oxygen atoms in total. The van der Waals surface area contributed by atoms with Crippen LogP contribution in [0, 0.1) is 115 Å². The smallest absolute Gasteiger partial charge is 0.181 e. The van der Waals surface area contributed by atoms with E-state index in [0.717, 1.165) is 125 Å². The molecule has 10 aliphatic carbocycles. The summed E-state index contributed by atoms with van der Waals surface area (Å²) in [4.78, 5) is 0.414. The number of aliphatic hydroxyl groups excluding tert-OH is 1. The van der Waals surface area contributed by atoms with Crippen LogP contribution < -0.4 is 0 Å². The lowest BCUT2D eigenvalue weighted by Gasteiger charge is -2.62. The number of fused-ring (bicyclic) bond motifs is 10. The minimum absolute atomic E-state index is 0. The maximum Gasteiger partial charge on any atom is 0.181 e. The van der Waals surface area contributed by atoms with E-state index in [4.69, 9.17) is 5.11 Å². The average Bonchev–Trinajstić information content (AvgIpc) is 1.34. The van der Waals surface area contributed by atoms with Crippen molar-refractivity contribution >= 4 is 9.84 Å². The lowest BCUT2D eigenvalue weighted by molar-refractivity contribution is -0.148. The standard InChI is InChI=1S/C40H64O4S.C34H60O2.CH4O.3CH4/c1-27(35(45(43,44)30-11-9-8-10-12-30)26-40(42)21-17-28(18-22-40)36(2,3)4)32-15-16-33-31-14-13-29-25-37(5,41)23-24-38(29,6)34(31)19-20-39(32,33)7;1-23(12-17-34(36)18-13-24(14-19-34)30(2,3)4)27-10-11-28-26-9-8-25-22-31(5,35)20-21-32(25,6)29(26)15-16-33(27,28)7;1-2;;;/h8-12,27-29,31-35,41-42H,13-26H2,1-7H3;23-29,35-36H,8-22H2,1-7H3;2H,1H3;3*1H4/t27-,28?,29-,31-,32+,33-,34-,35?,37-,38-,39+,40?;23-,24?,25+,26+,27-,28+,29+,31+,32+,33-,34?;;;;/m01..../s1. The Morgan fingerprint density at radius 1 is 0.477 bits per heavy atom. The first-order valence-corrected chi connectivity index (χ1v) is 36.7. The van der Waals surface area contributed by atoms with Gasteiger partial charge in [0.05, 0.1) is 32.5 Å². The zero-order valence-electron chi connectivity index (χ0n) is 56.0. The van der Waals surface area contributed by atoms with Gasteiger partial charge in [-0.1, -0.05) is 124 Å². The molecule has 1 unspecified atom stereocenters. The van der Waals surface area contributed by atoms with Crippen molar-refractivity contribution in [1.29, 1.82) is 0 Å². The molecular formula is C78H140O7S. The fraction of sp³-hybridized carbons (Fsp3) is 0.923. The van der Waals surface area contributed by atoms with Gasteiger partial charge < -0.3 is 25.5 Å². The highest BCUT2D eigenvalue weighted by atomic mass is 32.2. The molecule has 5 N–H and O–H groups in total. The van der Waals surface area contributed by atoms with Crippen molar-refractivity contribution in [3.05, 3.63) is 30.3 Å². The van der Waals surface area contributed by atoms with Gasteiger partial charge in [0.25, 0.3) is 0 Å². The van der Waals surface area contributed by atoms with E-state index in [0.29, 0.717) is 75.4 Å². The monoisotopic (exact) mass is 1220 g/mol. The van der Waals surface area contributed by atoms with Crippen LogP contribution >= 0.6 is 0 Å². The van der Waals surface area contributed by atoms with Crippen LogP contribution in [-0.4, -0.2) is 68.7 Å². The third-order valence-electron chi connectivity index (χ3n) is 29.4. The van der Waals surface area contributed by atoms with Crippen LogP contribution in [0.25, 0.3) is 0 Å². The van der Waals surface area contributed by atoms with Crippen LogP contribution in [0.5, 0.6) is 0 Å². The summed E-state index contributed by atoms with van der Waals surface area (Å²) in [6, 6.07) is 9.10. The van der Waals surface area contributed by atoms with Gasteiger partial charge in [-0.2, -0.15) is 0 Å². The van der Waals surface area contributed by atoms with Gasteiger partial charge in [-0.15, -0.1) is 0 Å². The van der Waals surface area contributed by atoms with E-state index in [1.54, 1.807) is 12.1 Å². The Labute approximate surface area is 531 Å². The fourth-order valence-corrected chi connectivity index (χ4v) is 26.1. The summed E-state index contributed by atoms with van der Waals surface area (Å²) in [6.07, 6.45) is 32.4. The van der Waals surface area contributed by atoms with Gasteiger partial charge in [0.2, 0.25) is 0 Å². The highest BCUT2D eigenvalue weighted by molar-refractivity contribution is 7.92. The number of hydrogen-bond donors (Lipinski definition) is 5. The van der Waals surface area contributed by atoms with Gasteiger partial charge in [0.15, 0.2) is 9.84 Å². The molecule has 0 amide bonds. The van der Waals surface area contributed by atoms with Crippen molar-refractivity contribution in [2.45, 2.75) is 338 Å². The quantitative estimate of drug-likeness (QED) is 0.157. The van der Waals surface area contributed by atoms with E-state index in [1.807, 2.05) is 25.1 Å². The minimum atomic E-state index is -3.63. The van der Waals surface area contributed by atoms with E-state index >= 15 is 0 Å². The second-order valence-corrected chi connectivity index (χ2v) is 38.0. The second-order valence-electron chi connectivity index (χ2n) is 35.9. The molecule has 0 aromatic heterocycles. The molecule has 1 aromatic rings. The summed E-state index contributed by atoms with van der Waals surface area (Å²) in [5, 5.41) is 51.7. The van der Waals surface area contributed by atoms with Crippen LogP contribution in [-0.2, 0) is 9.84 Å². The predicted octanol–water partition coefficient (Wildman–Crippen LogP) is 19.5. The Hall–Kier alpha value is -1.03. The molecule has 11 rings (SSSR count). The second kappa shape index (κ2) is 26.8. The Bertz CT molecular complexity index is 2420. The summed E-state index contributed by atoms with van der Waals surface area (Å²) >= 11 is 0. The Kier molecular flexibility index (Phi) is 23.0. The van der Waals surface area contributed by atoms with Gasteiger partial charge in [-0.25, -0.2) is 8.42 Å². The topological polar surface area (TPSA) is 135 Å². The SMILES string of the molecule is C.C.C.CO.C[C@H](C(CC1(O)CCC(C(C)(C)C)CC1)S(=O)(=O)c1ccccc1)[C@H]1CC[C@H]2[C@@H]3CC[C@H]4C[C@@](C)(O)CC[C@]4(C)[C@H]3CC[C@]12C.C[C@H](CCC1(O)CCC(C(C)(C)C)CC1)[C@H]1CC[C@H]2[C@@H]3CC[C@H]4C[C@@](C)(O)CC[C@]4(C)[C@H]3CC[C@]12C. The molecule has 0 radical (unpaired) electrons. The Balaban J connectivity index is 0.000000264. The summed E-state index contributed by atoms with van der Waals surface area (Å²) in [7, 11) is -2.63. The van der Waals surface area contributed by atoms with Crippen molar-refractivity contribution in [2.75, 3.05) is 7.11 Å². The lowest BCUT2D eigenvalue weighted by Crippen LogP contribution is -2.56. The first-order chi connectivity index (χ1) is 38.6. The van der Waals surface area contributed by atoms with Crippen molar-refractivity contribution < 1.29 is 34.0 Å². The van der Waals surface area contributed by atoms with Crippen LogP contribution in [0.2, 0.25) is 0 Å². The van der Waals surface area contributed by atoms with Crippen molar-refractivity contribution in [2.24, 2.45) is 115 Å². The average molecular weight is 1220 g/mol. The number of aliphatic hydroxyl groups is 5.